The topological polar surface area (TPSA) is 163 Å². The zero-order valence-electron chi connectivity index (χ0n) is 17.6. The van der Waals surface area contributed by atoms with E-state index in [0.717, 1.165) is 0 Å². The van der Waals surface area contributed by atoms with Crippen molar-refractivity contribution < 1.29 is 19.4 Å². The van der Waals surface area contributed by atoms with Crippen LogP contribution in [0.3, 0.4) is 0 Å². The fourth-order valence-corrected chi connectivity index (χ4v) is 3.21. The summed E-state index contributed by atoms with van der Waals surface area (Å²) < 4.78 is 0. The maximum absolute atomic E-state index is 12.4. The lowest BCUT2D eigenvalue weighted by atomic mass is 10.3. The van der Waals surface area contributed by atoms with Crippen LogP contribution in [-0.2, 0) is 0 Å². The summed E-state index contributed by atoms with van der Waals surface area (Å²) in [5, 5.41) is 29.4. The quantitative estimate of drug-likeness (QED) is 0.425. The van der Waals surface area contributed by atoms with Crippen LogP contribution in [0.15, 0.2) is 48.5 Å². The van der Waals surface area contributed by atoms with Crippen LogP contribution >= 0.6 is 0 Å². The summed E-state index contributed by atoms with van der Waals surface area (Å²) in [4.78, 5) is 48.5. The Morgan fingerprint density at radius 3 is 1.76 bits per heavy atom. The van der Waals surface area contributed by atoms with Crippen molar-refractivity contribution in [2.45, 2.75) is 0 Å². The number of carbonyl (C=O) groups excluding carboxylic acids is 2. The lowest BCUT2D eigenvalue weighted by Crippen LogP contribution is -2.51. The average Bonchev–Trinajstić information content (AvgIpc) is 2.80. The van der Waals surface area contributed by atoms with Crippen LogP contribution in [0.5, 0.6) is 0 Å². The third-order valence-corrected chi connectivity index (χ3v) is 5.04. The average molecular weight is 457 g/mol. The highest BCUT2D eigenvalue weighted by atomic mass is 16.6. The molecule has 0 aromatic heterocycles. The van der Waals surface area contributed by atoms with Crippen molar-refractivity contribution in [3.05, 3.63) is 68.8 Å². The molecule has 0 aliphatic carbocycles. The first-order chi connectivity index (χ1) is 15.8. The number of urea groups is 2. The van der Waals surface area contributed by atoms with Crippen molar-refractivity contribution in [1.29, 1.82) is 0 Å². The molecule has 33 heavy (non-hydrogen) atoms. The molecule has 1 aliphatic rings. The predicted molar refractivity (Wildman–Crippen MR) is 120 cm³/mol. The summed E-state index contributed by atoms with van der Waals surface area (Å²) in [6.07, 6.45) is 0. The summed E-state index contributed by atoms with van der Waals surface area (Å²) in [5.74, 6) is 0. The Labute approximate surface area is 188 Å². The summed E-state index contributed by atoms with van der Waals surface area (Å²) >= 11 is 0. The van der Waals surface area contributed by atoms with Gasteiger partial charge in [0.25, 0.3) is 11.4 Å². The van der Waals surface area contributed by atoms with Crippen molar-refractivity contribution in [2.75, 3.05) is 49.9 Å². The molecule has 1 heterocycles. The smallest absolute Gasteiger partial charge is 0.321 e. The summed E-state index contributed by atoms with van der Waals surface area (Å²) in [6.45, 7) is 3.29. The van der Waals surface area contributed by atoms with Gasteiger partial charge in [0.05, 0.1) is 9.85 Å². The number of amides is 4. The molecule has 13 nitrogen and oxygen atoms in total. The van der Waals surface area contributed by atoms with Gasteiger partial charge in [0.15, 0.2) is 0 Å². The van der Waals surface area contributed by atoms with Gasteiger partial charge in [-0.15, -0.1) is 0 Å². The van der Waals surface area contributed by atoms with Gasteiger partial charge in [-0.3, -0.25) is 25.1 Å². The third-order valence-electron chi connectivity index (χ3n) is 5.04. The molecule has 0 spiro atoms. The fourth-order valence-electron chi connectivity index (χ4n) is 3.21. The van der Waals surface area contributed by atoms with Crippen LogP contribution < -0.4 is 16.0 Å². The monoisotopic (exact) mass is 457 g/mol. The maximum atomic E-state index is 12.4. The van der Waals surface area contributed by atoms with Crippen LogP contribution in [0, 0.1) is 20.2 Å². The van der Waals surface area contributed by atoms with Gasteiger partial charge in [0.1, 0.15) is 0 Å². The van der Waals surface area contributed by atoms with E-state index in [2.05, 4.69) is 20.9 Å². The predicted octanol–water partition coefficient (Wildman–Crippen LogP) is 2.47. The molecule has 0 radical (unpaired) electrons. The van der Waals surface area contributed by atoms with E-state index in [4.69, 9.17) is 0 Å². The van der Waals surface area contributed by atoms with Crippen LogP contribution in [0.4, 0.5) is 32.3 Å². The highest BCUT2D eigenvalue weighted by molar-refractivity contribution is 5.90. The lowest BCUT2D eigenvalue weighted by molar-refractivity contribution is -0.385. The van der Waals surface area contributed by atoms with Gasteiger partial charge in [-0.2, -0.15) is 0 Å². The van der Waals surface area contributed by atoms with Gasteiger partial charge in [0, 0.05) is 74.9 Å². The number of rotatable bonds is 7. The number of non-ortho nitro benzene ring substituents is 2. The maximum Gasteiger partial charge on any atom is 0.321 e. The van der Waals surface area contributed by atoms with E-state index >= 15 is 0 Å². The standard InChI is InChI=1S/C20H23N7O6/c28-19(22-15-1-5-17(6-2-15)26(30)31)21-9-10-24-11-13-25(14-12-24)20(29)23-16-3-7-18(8-4-16)27(32)33/h1-8H,9-14H2,(H,23,29)(H2,21,22,28). The molecule has 1 aliphatic heterocycles. The molecule has 174 valence electrons. The number of carbonyl (C=O) groups is 2. The van der Waals surface area contributed by atoms with Crippen molar-refractivity contribution in [3.8, 4) is 0 Å². The van der Waals surface area contributed by atoms with Gasteiger partial charge in [-0.25, -0.2) is 9.59 Å². The molecule has 0 atom stereocenters. The Kier molecular flexibility index (Phi) is 7.70. The first kappa shape index (κ1) is 23.4. The van der Waals surface area contributed by atoms with Crippen molar-refractivity contribution in [2.24, 2.45) is 0 Å². The first-order valence-corrected chi connectivity index (χ1v) is 10.1. The first-order valence-electron chi connectivity index (χ1n) is 10.1. The van der Waals surface area contributed by atoms with E-state index in [1.54, 1.807) is 4.90 Å². The summed E-state index contributed by atoms with van der Waals surface area (Å²) in [7, 11) is 0. The Morgan fingerprint density at radius 2 is 1.27 bits per heavy atom. The molecule has 2 aromatic carbocycles. The zero-order chi connectivity index (χ0) is 23.8. The normalized spacial score (nSPS) is 13.8. The number of hydrogen-bond acceptors (Lipinski definition) is 7. The van der Waals surface area contributed by atoms with Crippen LogP contribution in [0.25, 0.3) is 0 Å². The highest BCUT2D eigenvalue weighted by Gasteiger charge is 2.21. The second-order valence-electron chi connectivity index (χ2n) is 7.25. The zero-order valence-corrected chi connectivity index (χ0v) is 17.6. The molecule has 3 rings (SSSR count). The number of nitrogens with zero attached hydrogens (tertiary/aromatic N) is 4. The van der Waals surface area contributed by atoms with Gasteiger partial charge < -0.3 is 20.9 Å². The number of nitrogens with one attached hydrogen (secondary N) is 3. The molecule has 3 N–H and O–H groups in total. The molecule has 2 aromatic rings. The number of nitro groups is 2. The highest BCUT2D eigenvalue weighted by Crippen LogP contribution is 2.17. The minimum absolute atomic E-state index is 0.0448. The van der Waals surface area contributed by atoms with Crippen molar-refractivity contribution >= 4 is 34.8 Å². The largest absolute Gasteiger partial charge is 0.337 e. The second-order valence-corrected chi connectivity index (χ2v) is 7.25. The SMILES string of the molecule is O=C(NCCN1CCN(C(=O)Nc2ccc([N+](=O)[O-])cc2)CC1)Nc1ccc([N+](=O)[O-])cc1. The van der Waals surface area contributed by atoms with E-state index in [0.29, 0.717) is 50.6 Å². The number of nitro benzene ring substituents is 2. The number of anilines is 2. The van der Waals surface area contributed by atoms with Crippen molar-refractivity contribution in [3.63, 3.8) is 0 Å². The molecule has 0 unspecified atom stereocenters. The van der Waals surface area contributed by atoms with Gasteiger partial charge in [-0.1, -0.05) is 0 Å². The third kappa shape index (κ3) is 6.87. The Morgan fingerprint density at radius 1 is 0.788 bits per heavy atom. The molecule has 13 heteroatoms. The second kappa shape index (κ2) is 10.9. The Balaban J connectivity index is 1.34. The van der Waals surface area contributed by atoms with Crippen LogP contribution in [0.1, 0.15) is 0 Å². The Hall–Kier alpha value is -4.26. The molecular formula is C20H23N7O6. The molecule has 0 bridgehead atoms. The summed E-state index contributed by atoms with van der Waals surface area (Å²) in [6, 6.07) is 10.5. The Bertz CT molecular complexity index is 1000. The molecule has 1 saturated heterocycles. The van der Waals surface area contributed by atoms with E-state index in [9.17, 15) is 29.8 Å². The molecular weight excluding hydrogens is 434 g/mol. The molecule has 1 fully saturated rings. The number of hydrogen-bond donors (Lipinski definition) is 3. The fraction of sp³-hybridized carbons (Fsp3) is 0.300. The van der Waals surface area contributed by atoms with Gasteiger partial charge >= 0.3 is 12.1 Å². The molecule has 0 saturated carbocycles. The van der Waals surface area contributed by atoms with Gasteiger partial charge in [-0.05, 0) is 24.3 Å². The van der Waals surface area contributed by atoms with Crippen LogP contribution in [-0.4, -0.2) is 71.0 Å². The van der Waals surface area contributed by atoms with Gasteiger partial charge in [0.2, 0.25) is 0 Å². The van der Waals surface area contributed by atoms with E-state index < -0.39 is 15.9 Å². The minimum Gasteiger partial charge on any atom is -0.337 e. The van der Waals surface area contributed by atoms with E-state index in [1.807, 2.05) is 0 Å². The van der Waals surface area contributed by atoms with E-state index in [-0.39, 0.29) is 17.4 Å². The van der Waals surface area contributed by atoms with E-state index in [1.165, 1.54) is 48.5 Å². The van der Waals surface area contributed by atoms with Crippen LogP contribution in [0.2, 0.25) is 0 Å². The number of piperazine rings is 1. The molecule has 4 amide bonds. The summed E-state index contributed by atoms with van der Waals surface area (Å²) in [5.41, 5.74) is 0.834. The van der Waals surface area contributed by atoms with Crippen molar-refractivity contribution in [1.82, 2.24) is 15.1 Å². The minimum atomic E-state index is -0.511. The lowest BCUT2D eigenvalue weighted by Gasteiger charge is -2.34. The number of benzene rings is 2.